The number of carbonyl (C=O) groups is 1. The Morgan fingerprint density at radius 2 is 1.49 bits per heavy atom. The third-order valence-corrected chi connectivity index (χ3v) is 8.87. The maximum Gasteiger partial charge on any atom is 0.337 e. The van der Waals surface area contributed by atoms with Gasteiger partial charge in [0.15, 0.2) is 0 Å². The summed E-state index contributed by atoms with van der Waals surface area (Å²) in [6.07, 6.45) is 0. The number of rotatable bonds is 9. The fourth-order valence-corrected chi connectivity index (χ4v) is 6.83. The van der Waals surface area contributed by atoms with Gasteiger partial charge < -0.3 is 5.32 Å². The molecule has 1 amide bonds. The van der Waals surface area contributed by atoms with Gasteiger partial charge in [0.05, 0.1) is 17.6 Å². The van der Waals surface area contributed by atoms with E-state index in [2.05, 4.69) is 22.3 Å². The van der Waals surface area contributed by atoms with Crippen molar-refractivity contribution in [2.45, 2.75) is 26.6 Å². The van der Waals surface area contributed by atoms with Crippen molar-refractivity contribution in [3.05, 3.63) is 153 Å². The fraction of sp³-hybridized carbons (Fsp3) is 0.139. The van der Waals surface area contributed by atoms with Gasteiger partial charge in [-0.15, -0.1) is 11.3 Å². The van der Waals surface area contributed by atoms with Crippen molar-refractivity contribution in [1.29, 1.82) is 0 Å². The van der Waals surface area contributed by atoms with Gasteiger partial charge in [0.1, 0.15) is 10.6 Å². The van der Waals surface area contributed by atoms with Gasteiger partial charge in [0.25, 0.3) is 5.56 Å². The summed E-state index contributed by atoms with van der Waals surface area (Å²) in [6, 6.07) is 32.6. The molecule has 0 aliphatic rings. The normalized spacial score (nSPS) is 11.3. The Morgan fingerprint density at radius 3 is 2.16 bits per heavy atom. The molecule has 45 heavy (non-hydrogen) atoms. The molecule has 0 spiro atoms. The first kappa shape index (κ1) is 29.9. The highest BCUT2D eigenvalue weighted by molar-refractivity contribution is 7.22. The summed E-state index contributed by atoms with van der Waals surface area (Å²) < 4.78 is 17.6. The van der Waals surface area contributed by atoms with Gasteiger partial charge in [0, 0.05) is 36.1 Å². The quantitative estimate of drug-likeness (QED) is 0.197. The van der Waals surface area contributed by atoms with Crippen molar-refractivity contribution in [1.82, 2.24) is 14.0 Å². The number of fused-ring (bicyclic) bond motifs is 1. The summed E-state index contributed by atoms with van der Waals surface area (Å²) in [5.41, 5.74) is 3.20. The predicted octanol–water partition coefficient (Wildman–Crippen LogP) is 6.66. The standard InChI is InChI=1S/C36H31FN4O3S/c1-24(42)38-28-19-17-26(18-20-28)33-30(23-39(2)21-25-11-5-3-6-12-25)32-34(43)41(29-14-7-4-8-15-29)36(44)40(35(32)45-33)22-27-13-9-10-16-31(27)37/h3-20H,21-23H2,1-2H3,(H,38,42). The van der Waals surface area contributed by atoms with Crippen molar-refractivity contribution in [3.8, 4) is 16.1 Å². The second-order valence-corrected chi connectivity index (χ2v) is 11.9. The average molecular weight is 619 g/mol. The monoisotopic (exact) mass is 618 g/mol. The number of para-hydroxylation sites is 1. The van der Waals surface area contributed by atoms with E-state index in [-0.39, 0.29) is 12.5 Å². The first-order valence-corrected chi connectivity index (χ1v) is 15.3. The van der Waals surface area contributed by atoms with Gasteiger partial charge in [-0.2, -0.15) is 0 Å². The van der Waals surface area contributed by atoms with Crippen LogP contribution in [0.5, 0.6) is 0 Å². The van der Waals surface area contributed by atoms with Crippen molar-refractivity contribution in [2.24, 2.45) is 0 Å². The molecule has 0 saturated carbocycles. The molecule has 1 N–H and O–H groups in total. The van der Waals surface area contributed by atoms with Crippen molar-refractivity contribution in [3.63, 3.8) is 0 Å². The van der Waals surface area contributed by atoms with E-state index in [1.165, 1.54) is 33.5 Å². The Morgan fingerprint density at radius 1 is 0.844 bits per heavy atom. The smallest absolute Gasteiger partial charge is 0.326 e. The molecular formula is C36H31FN4O3S. The third kappa shape index (κ3) is 6.26. The molecule has 0 atom stereocenters. The second-order valence-electron chi connectivity index (χ2n) is 10.9. The highest BCUT2D eigenvalue weighted by Crippen LogP contribution is 2.38. The molecule has 0 unspecified atom stereocenters. The van der Waals surface area contributed by atoms with Crippen LogP contribution in [0.15, 0.2) is 119 Å². The van der Waals surface area contributed by atoms with E-state index in [4.69, 9.17) is 0 Å². The number of anilines is 1. The maximum absolute atomic E-state index is 14.9. The highest BCUT2D eigenvalue weighted by atomic mass is 32.1. The molecule has 226 valence electrons. The number of nitrogens with one attached hydrogen (secondary N) is 1. The molecule has 6 rings (SSSR count). The van der Waals surface area contributed by atoms with Crippen molar-refractivity contribution < 1.29 is 9.18 Å². The Kier molecular flexibility index (Phi) is 8.55. The van der Waals surface area contributed by atoms with E-state index in [1.54, 1.807) is 42.5 Å². The molecule has 0 aliphatic carbocycles. The lowest BCUT2D eigenvalue weighted by molar-refractivity contribution is -0.114. The summed E-state index contributed by atoms with van der Waals surface area (Å²) in [7, 11) is 1.99. The topological polar surface area (TPSA) is 76.3 Å². The molecule has 2 heterocycles. The molecular weight excluding hydrogens is 587 g/mol. The Hall–Kier alpha value is -5.12. The minimum Gasteiger partial charge on any atom is -0.326 e. The lowest BCUT2D eigenvalue weighted by atomic mass is 10.1. The Balaban J connectivity index is 1.61. The molecule has 9 heteroatoms. The number of nitrogens with zero attached hydrogens (tertiary/aromatic N) is 3. The minimum atomic E-state index is -0.542. The number of halogens is 1. The van der Waals surface area contributed by atoms with Crippen LogP contribution in [0.1, 0.15) is 23.6 Å². The van der Waals surface area contributed by atoms with Crippen LogP contribution < -0.4 is 16.6 Å². The van der Waals surface area contributed by atoms with Gasteiger partial charge in [0.2, 0.25) is 5.91 Å². The lowest BCUT2D eigenvalue weighted by Gasteiger charge is -2.18. The molecule has 0 bridgehead atoms. The van der Waals surface area contributed by atoms with Gasteiger partial charge in [-0.25, -0.2) is 13.8 Å². The molecule has 0 radical (unpaired) electrons. The molecule has 7 nitrogen and oxygen atoms in total. The zero-order valence-corrected chi connectivity index (χ0v) is 25.7. The number of hydrogen-bond acceptors (Lipinski definition) is 5. The number of hydrogen-bond donors (Lipinski definition) is 1. The van der Waals surface area contributed by atoms with E-state index in [0.717, 1.165) is 21.6 Å². The summed E-state index contributed by atoms with van der Waals surface area (Å²) >= 11 is 1.34. The summed E-state index contributed by atoms with van der Waals surface area (Å²) in [6.45, 7) is 2.46. The van der Waals surface area contributed by atoms with E-state index < -0.39 is 17.1 Å². The first-order valence-electron chi connectivity index (χ1n) is 14.5. The summed E-state index contributed by atoms with van der Waals surface area (Å²) in [5.74, 6) is -0.602. The van der Waals surface area contributed by atoms with E-state index >= 15 is 0 Å². The number of benzene rings is 4. The average Bonchev–Trinajstić information content (AvgIpc) is 3.40. The Bertz CT molecular complexity index is 2100. The number of amides is 1. The van der Waals surface area contributed by atoms with Crippen molar-refractivity contribution >= 4 is 33.1 Å². The largest absolute Gasteiger partial charge is 0.337 e. The van der Waals surface area contributed by atoms with Crippen LogP contribution in [0.25, 0.3) is 26.3 Å². The van der Waals surface area contributed by atoms with E-state index in [0.29, 0.717) is 40.2 Å². The molecule has 6 aromatic rings. The van der Waals surface area contributed by atoms with Crippen LogP contribution in [-0.4, -0.2) is 27.0 Å². The van der Waals surface area contributed by atoms with Crippen LogP contribution >= 0.6 is 11.3 Å². The summed E-state index contributed by atoms with van der Waals surface area (Å²) in [5, 5.41) is 3.21. The fourth-order valence-electron chi connectivity index (χ4n) is 5.52. The molecule has 2 aromatic heterocycles. The molecule has 0 aliphatic heterocycles. The van der Waals surface area contributed by atoms with Gasteiger partial charge in [-0.05, 0) is 54.1 Å². The molecule has 0 saturated heterocycles. The van der Waals surface area contributed by atoms with E-state index in [9.17, 15) is 18.8 Å². The van der Waals surface area contributed by atoms with Crippen molar-refractivity contribution in [2.75, 3.05) is 12.4 Å². The molecule has 4 aromatic carbocycles. The highest BCUT2D eigenvalue weighted by Gasteiger charge is 2.25. The number of thiophene rings is 1. The first-order chi connectivity index (χ1) is 21.8. The van der Waals surface area contributed by atoms with Crippen LogP contribution in [0.4, 0.5) is 10.1 Å². The van der Waals surface area contributed by atoms with Crippen LogP contribution in [0.2, 0.25) is 0 Å². The van der Waals surface area contributed by atoms with E-state index in [1.807, 2.05) is 55.6 Å². The van der Waals surface area contributed by atoms with Gasteiger partial charge in [-0.1, -0.05) is 78.9 Å². The second kappa shape index (κ2) is 12.9. The van der Waals surface area contributed by atoms with Gasteiger partial charge in [-0.3, -0.25) is 19.1 Å². The summed E-state index contributed by atoms with van der Waals surface area (Å²) in [4.78, 5) is 43.6. The number of carbonyl (C=O) groups excluding carboxylic acids is 1. The zero-order valence-electron chi connectivity index (χ0n) is 24.9. The van der Waals surface area contributed by atoms with Gasteiger partial charge >= 0.3 is 5.69 Å². The third-order valence-electron chi connectivity index (χ3n) is 7.56. The molecule has 0 fully saturated rings. The number of aromatic nitrogens is 2. The Labute approximate surface area is 263 Å². The maximum atomic E-state index is 14.9. The van der Waals surface area contributed by atoms with Crippen LogP contribution in [-0.2, 0) is 24.4 Å². The predicted molar refractivity (Wildman–Crippen MR) is 179 cm³/mol. The minimum absolute atomic E-state index is 0.0458. The SMILES string of the molecule is CC(=O)Nc1ccc(-c2sc3c(c2CN(C)Cc2ccccc2)c(=O)n(-c2ccccc2)c(=O)n3Cc2ccccc2F)cc1. The van der Waals surface area contributed by atoms with Crippen LogP contribution in [0, 0.1) is 5.82 Å². The lowest BCUT2D eigenvalue weighted by Crippen LogP contribution is -2.39. The van der Waals surface area contributed by atoms with Crippen LogP contribution in [0.3, 0.4) is 0 Å². The zero-order chi connectivity index (χ0) is 31.5.